The van der Waals surface area contributed by atoms with Crippen LogP contribution >= 0.6 is 0 Å². The fraction of sp³-hybridized carbons (Fsp3) is 0.300. The van der Waals surface area contributed by atoms with Crippen molar-refractivity contribution in [1.29, 1.82) is 0 Å². The van der Waals surface area contributed by atoms with E-state index in [0.29, 0.717) is 37.4 Å². The maximum Gasteiger partial charge on any atom is 0.348 e. The first-order chi connectivity index (χ1) is 13.8. The second-order valence-corrected chi connectivity index (χ2v) is 9.13. The third kappa shape index (κ3) is 3.93. The molecule has 0 radical (unpaired) electrons. The van der Waals surface area contributed by atoms with E-state index in [4.69, 9.17) is 0 Å². The Morgan fingerprint density at radius 2 is 1.72 bits per heavy atom. The minimum atomic E-state index is -3.53. The van der Waals surface area contributed by atoms with Crippen molar-refractivity contribution in [2.24, 2.45) is 0 Å². The highest BCUT2D eigenvalue weighted by molar-refractivity contribution is 7.95. The van der Waals surface area contributed by atoms with E-state index in [1.807, 2.05) is 6.92 Å². The van der Waals surface area contributed by atoms with E-state index in [2.05, 4.69) is 10.1 Å². The van der Waals surface area contributed by atoms with E-state index in [9.17, 15) is 17.9 Å². The first kappa shape index (κ1) is 19.7. The van der Waals surface area contributed by atoms with Crippen LogP contribution in [0.5, 0.6) is 0 Å². The number of sulfonamides is 1. The van der Waals surface area contributed by atoms with Crippen molar-refractivity contribution in [3.8, 4) is 5.69 Å². The molecular weight excluding hydrogens is 395 g/mol. The molecule has 0 aliphatic carbocycles. The van der Waals surface area contributed by atoms with E-state index in [0.717, 1.165) is 5.56 Å². The summed E-state index contributed by atoms with van der Waals surface area (Å²) in [4.78, 5) is 15.3. The number of H-pyrrole nitrogens is 1. The molecular formula is C20H21FN4O3S. The quantitative estimate of drug-likeness (QED) is 0.662. The van der Waals surface area contributed by atoms with Gasteiger partial charge in [-0.3, -0.25) is 4.98 Å². The van der Waals surface area contributed by atoms with Crippen LogP contribution < -0.4 is 5.69 Å². The average molecular weight is 416 g/mol. The van der Waals surface area contributed by atoms with E-state index in [1.165, 1.54) is 33.3 Å². The van der Waals surface area contributed by atoms with Crippen LogP contribution in [0, 0.1) is 12.7 Å². The Bertz CT molecular complexity index is 1100. The molecule has 0 bridgehead atoms. The summed E-state index contributed by atoms with van der Waals surface area (Å²) in [6, 6.07) is 12.3. The van der Waals surface area contributed by atoms with Gasteiger partial charge in [-0.05, 0) is 56.2 Å². The number of rotatable bonds is 4. The Balaban J connectivity index is 1.48. The first-order valence-corrected chi connectivity index (χ1v) is 10.8. The molecule has 9 heteroatoms. The molecule has 1 atom stereocenters. The summed E-state index contributed by atoms with van der Waals surface area (Å²) < 4.78 is 41.4. The van der Waals surface area contributed by atoms with Crippen LogP contribution in [0.4, 0.5) is 4.39 Å². The van der Waals surface area contributed by atoms with Gasteiger partial charge < -0.3 is 4.55 Å². The molecule has 3 aromatic rings. The fourth-order valence-corrected chi connectivity index (χ4v) is 4.98. The first-order valence-electron chi connectivity index (χ1n) is 9.36. The second-order valence-electron chi connectivity index (χ2n) is 7.20. The predicted octanol–water partition coefficient (Wildman–Crippen LogP) is 2.79. The van der Waals surface area contributed by atoms with Crippen LogP contribution in [0.15, 0.2) is 58.2 Å². The molecule has 0 amide bonds. The van der Waals surface area contributed by atoms with E-state index in [-0.39, 0.29) is 16.6 Å². The number of benzene rings is 2. The molecule has 1 fully saturated rings. The maximum atomic E-state index is 13.1. The van der Waals surface area contributed by atoms with Crippen LogP contribution in [-0.2, 0) is 14.6 Å². The zero-order valence-electron chi connectivity index (χ0n) is 15.9. The number of aromatic amines is 1. The highest BCUT2D eigenvalue weighted by Crippen LogP contribution is 2.31. The van der Waals surface area contributed by atoms with Gasteiger partial charge >= 0.3 is 5.69 Å². The molecule has 29 heavy (non-hydrogen) atoms. The van der Waals surface area contributed by atoms with Crippen LogP contribution in [-0.4, -0.2) is 36.7 Å². The summed E-state index contributed by atoms with van der Waals surface area (Å²) in [5, 5.41) is 4.35. The summed E-state index contributed by atoms with van der Waals surface area (Å²) in [6.07, 6.45) is 1.11. The maximum absolute atomic E-state index is 13.1. The molecule has 1 aliphatic heterocycles. The number of aromatic nitrogens is 3. The smallest absolute Gasteiger partial charge is 0.348 e. The van der Waals surface area contributed by atoms with Crippen LogP contribution in [0.3, 0.4) is 0 Å². The van der Waals surface area contributed by atoms with Gasteiger partial charge in [-0.2, -0.15) is 4.68 Å². The predicted molar refractivity (Wildman–Crippen MR) is 106 cm³/mol. The van der Waals surface area contributed by atoms with Crippen LogP contribution in [0.1, 0.15) is 30.1 Å². The molecule has 1 aromatic heterocycles. The number of aryl methyl sites for hydroxylation is 1. The lowest BCUT2D eigenvalue weighted by molar-refractivity contribution is 0.287. The molecule has 0 saturated carbocycles. The number of nitrogens with one attached hydrogen (secondary N) is 1. The molecule has 7 nitrogen and oxygen atoms in total. The van der Waals surface area contributed by atoms with Gasteiger partial charge in [0.05, 0.1) is 5.69 Å². The van der Waals surface area contributed by atoms with Gasteiger partial charge in [-0.25, -0.2) is 9.18 Å². The van der Waals surface area contributed by atoms with Gasteiger partial charge in [0.2, 0.25) is 0 Å². The highest BCUT2D eigenvalue weighted by Gasteiger charge is 2.35. The van der Waals surface area contributed by atoms with Crippen molar-refractivity contribution in [2.75, 3.05) is 13.1 Å². The van der Waals surface area contributed by atoms with Crippen molar-refractivity contribution >= 4 is 10.4 Å². The molecule has 1 aliphatic rings. The zero-order valence-corrected chi connectivity index (χ0v) is 16.7. The normalized spacial score (nSPS) is 17.9. The van der Waals surface area contributed by atoms with Gasteiger partial charge in [-0.15, -0.1) is 9.40 Å². The zero-order chi connectivity index (χ0) is 20.6. The monoisotopic (exact) mass is 416 g/mol. The molecule has 1 saturated heterocycles. The van der Waals surface area contributed by atoms with Gasteiger partial charge in [-0.1, -0.05) is 21.9 Å². The summed E-state index contributed by atoms with van der Waals surface area (Å²) >= 11 is 0. The van der Waals surface area contributed by atoms with Crippen LogP contribution in [0.2, 0.25) is 0 Å². The third-order valence-corrected chi connectivity index (χ3v) is 7.12. The average Bonchev–Trinajstić information content (AvgIpc) is 3.11. The molecule has 2 aromatic carbocycles. The highest BCUT2D eigenvalue weighted by atomic mass is 32.3. The Hall–Kier alpha value is -2.62. The van der Waals surface area contributed by atoms with Gasteiger partial charge in [0.15, 0.2) is 15.3 Å². The number of piperidine rings is 1. The van der Waals surface area contributed by atoms with Crippen molar-refractivity contribution in [1.82, 2.24) is 19.1 Å². The molecule has 152 valence electrons. The van der Waals surface area contributed by atoms with Gasteiger partial charge in [0.25, 0.3) is 0 Å². The van der Waals surface area contributed by atoms with Gasteiger partial charge in [0, 0.05) is 19.0 Å². The summed E-state index contributed by atoms with van der Waals surface area (Å²) in [5.41, 5.74) is 1.07. The van der Waals surface area contributed by atoms with Crippen LogP contribution in [0.25, 0.3) is 5.69 Å². The lowest BCUT2D eigenvalue weighted by Crippen LogP contribution is -2.41. The minimum absolute atomic E-state index is 0.0473. The SMILES string of the molecule is Cc1ccc([S+](=O)([O-])N2CCC(c3nn(-c4ccc(F)cc4)c(=O)[nH]3)CC2)cc1. The second kappa shape index (κ2) is 7.66. The topological polar surface area (TPSA) is 94.0 Å². The molecule has 1 unspecified atom stereocenters. The van der Waals surface area contributed by atoms with E-state index < -0.39 is 16.1 Å². The lowest BCUT2D eigenvalue weighted by Gasteiger charge is -2.32. The van der Waals surface area contributed by atoms with Crippen molar-refractivity contribution in [2.45, 2.75) is 30.6 Å². The molecule has 2 heterocycles. The number of hydrogen-bond donors (Lipinski definition) is 1. The minimum Gasteiger partial charge on any atom is -0.593 e. The van der Waals surface area contributed by atoms with E-state index in [1.54, 1.807) is 24.3 Å². The Kier molecular flexibility index (Phi) is 5.20. The number of nitrogens with zero attached hydrogens (tertiary/aromatic N) is 3. The molecule has 1 N–H and O–H groups in total. The fourth-order valence-electron chi connectivity index (χ4n) is 3.51. The van der Waals surface area contributed by atoms with Crippen molar-refractivity contribution in [3.63, 3.8) is 0 Å². The number of halogens is 1. The summed E-state index contributed by atoms with van der Waals surface area (Å²) in [7, 11) is -3.53. The number of hydrogen-bond acceptors (Lipinski definition) is 4. The molecule has 0 spiro atoms. The third-order valence-electron chi connectivity index (χ3n) is 5.21. The van der Waals surface area contributed by atoms with Crippen molar-refractivity contribution < 1.29 is 13.2 Å². The summed E-state index contributed by atoms with van der Waals surface area (Å²) in [6.45, 7) is 2.62. The Labute approximate surface area is 168 Å². The van der Waals surface area contributed by atoms with Crippen molar-refractivity contribution in [3.05, 3.63) is 76.2 Å². The summed E-state index contributed by atoms with van der Waals surface area (Å²) in [5.74, 6) is 0.0836. The Morgan fingerprint density at radius 1 is 1.10 bits per heavy atom. The Morgan fingerprint density at radius 3 is 2.34 bits per heavy atom. The van der Waals surface area contributed by atoms with Gasteiger partial charge in [0.1, 0.15) is 11.6 Å². The lowest BCUT2D eigenvalue weighted by atomic mass is 9.98. The largest absolute Gasteiger partial charge is 0.593 e. The molecule has 4 rings (SSSR count). The van der Waals surface area contributed by atoms with E-state index >= 15 is 0 Å². The standard InChI is InChI=1S/C20H21FN4O3S/c1-14-2-8-18(9-3-14)29(27,28)24-12-10-15(11-13-24)19-22-20(26)25(23-19)17-6-4-16(21)5-7-17/h2-9,15H,10-13H2,1H3,(H-,22,23,26,27,28).